The highest BCUT2D eigenvalue weighted by atomic mass is 16.5. The molecule has 1 aliphatic heterocycles. The number of anilines is 1. The van der Waals surface area contributed by atoms with Crippen LogP contribution >= 0.6 is 0 Å². The number of carbonyl (C=O) groups is 2. The molecule has 0 saturated carbocycles. The summed E-state index contributed by atoms with van der Waals surface area (Å²) in [6.07, 6.45) is 2.95. The largest absolute Gasteiger partial charge is 0.465 e. The lowest BCUT2D eigenvalue weighted by Crippen LogP contribution is -2.38. The van der Waals surface area contributed by atoms with Crippen LogP contribution in [0.3, 0.4) is 0 Å². The van der Waals surface area contributed by atoms with E-state index in [0.29, 0.717) is 17.8 Å². The molecule has 8 heteroatoms. The molecule has 0 aliphatic carbocycles. The Labute approximate surface area is 238 Å². The molecule has 1 atom stereocenters. The number of nitrogens with one attached hydrogen (secondary N) is 1. The number of hydrogen-bond donors (Lipinski definition) is 1. The highest BCUT2D eigenvalue weighted by molar-refractivity contribution is 6.01. The van der Waals surface area contributed by atoms with Gasteiger partial charge in [-0.15, -0.1) is 0 Å². The van der Waals surface area contributed by atoms with Gasteiger partial charge in [0, 0.05) is 11.8 Å². The molecule has 1 N–H and O–H groups in total. The number of amides is 2. The molecule has 3 aromatic carbocycles. The number of aryl methyl sites for hydroxylation is 2. The summed E-state index contributed by atoms with van der Waals surface area (Å²) in [7, 11) is 1.33. The third-order valence-electron chi connectivity index (χ3n) is 7.63. The standard InChI is InChI=1S/C33H31N5O3/c1-4-23-16-18-24(19-17-23)30-29-15-10-20-36(29)31-27(22(2)35-38(31)25-11-6-5-7-12-25)21-37(30)33(40)34-28-14-9-8-13-26(28)32(39)41-3/h5-20,30H,4,21H2,1-3H3,(H,34,40)/t30-/m1/s1. The van der Waals surface area contributed by atoms with Gasteiger partial charge in [0.1, 0.15) is 5.82 Å². The summed E-state index contributed by atoms with van der Waals surface area (Å²) in [6.45, 7) is 4.40. The van der Waals surface area contributed by atoms with E-state index in [9.17, 15) is 9.59 Å². The smallest absolute Gasteiger partial charge is 0.339 e. The Morgan fingerprint density at radius 1 is 0.951 bits per heavy atom. The molecule has 0 spiro atoms. The second-order valence-electron chi connectivity index (χ2n) is 10.0. The Morgan fingerprint density at radius 3 is 2.41 bits per heavy atom. The topological polar surface area (TPSA) is 81.4 Å². The minimum atomic E-state index is -0.514. The Balaban J connectivity index is 1.52. The van der Waals surface area contributed by atoms with Gasteiger partial charge in [0.05, 0.1) is 48.0 Å². The summed E-state index contributed by atoms with van der Waals surface area (Å²) < 4.78 is 9.04. The lowest BCUT2D eigenvalue weighted by atomic mass is 9.99. The van der Waals surface area contributed by atoms with Crippen molar-refractivity contribution in [2.24, 2.45) is 0 Å². The zero-order chi connectivity index (χ0) is 28.5. The summed E-state index contributed by atoms with van der Waals surface area (Å²) in [6, 6.07) is 28.6. The molecule has 0 unspecified atom stereocenters. The van der Waals surface area contributed by atoms with Crippen molar-refractivity contribution in [3.8, 4) is 11.5 Å². The SMILES string of the molecule is CCc1ccc([C@@H]2c3cccn3-c3c(c(C)nn3-c3ccccc3)CN2C(=O)Nc2ccccc2C(=O)OC)cc1. The first-order valence-electron chi connectivity index (χ1n) is 13.7. The monoisotopic (exact) mass is 545 g/mol. The van der Waals surface area contributed by atoms with Gasteiger partial charge < -0.3 is 19.5 Å². The minimum absolute atomic E-state index is 0.291. The van der Waals surface area contributed by atoms with E-state index in [0.717, 1.165) is 40.4 Å². The predicted octanol–water partition coefficient (Wildman–Crippen LogP) is 6.46. The lowest BCUT2D eigenvalue weighted by Gasteiger charge is -2.31. The molecule has 0 bridgehead atoms. The lowest BCUT2D eigenvalue weighted by molar-refractivity contribution is 0.0602. The second-order valence-corrected chi connectivity index (χ2v) is 10.0. The summed E-state index contributed by atoms with van der Waals surface area (Å²) in [4.78, 5) is 28.5. The number of nitrogens with zero attached hydrogens (tertiary/aromatic N) is 4. The molecule has 0 radical (unpaired) electrons. The van der Waals surface area contributed by atoms with Crippen LogP contribution in [0.5, 0.6) is 0 Å². The molecule has 3 heterocycles. The maximum atomic E-state index is 14.2. The fourth-order valence-corrected chi connectivity index (χ4v) is 5.50. The number of hydrogen-bond acceptors (Lipinski definition) is 4. The molecule has 0 saturated heterocycles. The first-order valence-corrected chi connectivity index (χ1v) is 13.7. The van der Waals surface area contributed by atoms with E-state index in [1.165, 1.54) is 12.7 Å². The first kappa shape index (κ1) is 26.1. The van der Waals surface area contributed by atoms with Crippen molar-refractivity contribution in [2.45, 2.75) is 32.9 Å². The van der Waals surface area contributed by atoms with Crippen molar-refractivity contribution in [1.29, 1.82) is 0 Å². The minimum Gasteiger partial charge on any atom is -0.465 e. The van der Waals surface area contributed by atoms with Gasteiger partial charge >= 0.3 is 12.0 Å². The van der Waals surface area contributed by atoms with Crippen molar-refractivity contribution in [3.63, 3.8) is 0 Å². The van der Waals surface area contributed by atoms with E-state index < -0.39 is 12.0 Å². The Bertz CT molecular complexity index is 1720. The molecular formula is C33H31N5O3. The van der Waals surface area contributed by atoms with Crippen LogP contribution in [-0.4, -0.2) is 38.4 Å². The van der Waals surface area contributed by atoms with Crippen molar-refractivity contribution in [3.05, 3.63) is 131 Å². The second kappa shape index (κ2) is 10.8. The fourth-order valence-electron chi connectivity index (χ4n) is 5.50. The van der Waals surface area contributed by atoms with Gasteiger partial charge in [-0.25, -0.2) is 14.3 Å². The van der Waals surface area contributed by atoms with Crippen LogP contribution in [0.15, 0.2) is 97.2 Å². The molecule has 5 aromatic rings. The molecule has 2 aromatic heterocycles. The number of aromatic nitrogens is 3. The highest BCUT2D eigenvalue weighted by Crippen LogP contribution is 2.39. The quantitative estimate of drug-likeness (QED) is 0.257. The van der Waals surface area contributed by atoms with Crippen LogP contribution in [0.25, 0.3) is 11.5 Å². The molecule has 206 valence electrons. The number of para-hydroxylation sites is 2. The molecule has 6 rings (SSSR count). The average molecular weight is 546 g/mol. The zero-order valence-electron chi connectivity index (χ0n) is 23.2. The van der Waals surface area contributed by atoms with Crippen molar-refractivity contribution in [1.82, 2.24) is 19.2 Å². The van der Waals surface area contributed by atoms with E-state index in [1.54, 1.807) is 24.3 Å². The predicted molar refractivity (Wildman–Crippen MR) is 158 cm³/mol. The highest BCUT2D eigenvalue weighted by Gasteiger charge is 2.36. The molecule has 8 nitrogen and oxygen atoms in total. The number of benzene rings is 3. The Morgan fingerprint density at radius 2 is 1.68 bits per heavy atom. The number of carbonyl (C=O) groups excluding carboxylic acids is 2. The van der Waals surface area contributed by atoms with Crippen LogP contribution in [0.1, 0.15) is 51.4 Å². The van der Waals surface area contributed by atoms with Crippen molar-refractivity contribution >= 4 is 17.7 Å². The fraction of sp³-hybridized carbons (Fsp3) is 0.182. The van der Waals surface area contributed by atoms with Crippen LogP contribution in [0.2, 0.25) is 0 Å². The number of ether oxygens (including phenoxy) is 1. The first-order chi connectivity index (χ1) is 20.0. The van der Waals surface area contributed by atoms with Gasteiger partial charge in [-0.2, -0.15) is 5.10 Å². The molecule has 1 aliphatic rings. The van der Waals surface area contributed by atoms with Crippen molar-refractivity contribution in [2.75, 3.05) is 12.4 Å². The molecular weight excluding hydrogens is 514 g/mol. The van der Waals surface area contributed by atoms with Crippen LogP contribution < -0.4 is 5.32 Å². The molecule has 2 amide bonds. The third kappa shape index (κ3) is 4.67. The number of fused-ring (bicyclic) bond motifs is 3. The van der Waals surface area contributed by atoms with E-state index in [1.807, 2.05) is 65.2 Å². The van der Waals surface area contributed by atoms with Gasteiger partial charge in [0.25, 0.3) is 0 Å². The third-order valence-corrected chi connectivity index (χ3v) is 7.63. The van der Waals surface area contributed by atoms with Gasteiger partial charge in [0.15, 0.2) is 0 Å². The summed E-state index contributed by atoms with van der Waals surface area (Å²) in [5.74, 6) is 0.383. The van der Waals surface area contributed by atoms with E-state index >= 15 is 0 Å². The Hall–Kier alpha value is -5.11. The van der Waals surface area contributed by atoms with Crippen molar-refractivity contribution < 1.29 is 14.3 Å². The number of methoxy groups -OCH3 is 1. The van der Waals surface area contributed by atoms with E-state index in [2.05, 4.69) is 41.1 Å². The van der Waals surface area contributed by atoms with Gasteiger partial charge in [0.2, 0.25) is 0 Å². The van der Waals surface area contributed by atoms with E-state index in [-0.39, 0.29) is 6.03 Å². The number of urea groups is 1. The van der Waals surface area contributed by atoms with Gasteiger partial charge in [-0.3, -0.25) is 0 Å². The summed E-state index contributed by atoms with van der Waals surface area (Å²) in [5.41, 5.74) is 6.53. The summed E-state index contributed by atoms with van der Waals surface area (Å²) in [5, 5.41) is 7.91. The van der Waals surface area contributed by atoms with Crippen LogP contribution in [0.4, 0.5) is 10.5 Å². The maximum absolute atomic E-state index is 14.2. The van der Waals surface area contributed by atoms with Crippen LogP contribution in [0, 0.1) is 6.92 Å². The van der Waals surface area contributed by atoms with E-state index in [4.69, 9.17) is 9.84 Å². The maximum Gasteiger partial charge on any atom is 0.339 e. The zero-order valence-corrected chi connectivity index (χ0v) is 23.2. The number of rotatable bonds is 5. The van der Waals surface area contributed by atoms with Crippen LogP contribution in [-0.2, 0) is 17.7 Å². The van der Waals surface area contributed by atoms with Gasteiger partial charge in [-0.1, -0.05) is 61.5 Å². The number of esters is 1. The van der Waals surface area contributed by atoms with Gasteiger partial charge in [-0.05, 0) is 60.9 Å². The molecule has 41 heavy (non-hydrogen) atoms. The normalized spacial score (nSPS) is 14.1. The molecule has 0 fully saturated rings. The Kier molecular flexibility index (Phi) is 6.89. The average Bonchev–Trinajstić information content (AvgIpc) is 3.57. The summed E-state index contributed by atoms with van der Waals surface area (Å²) >= 11 is 0.